The molecule has 0 radical (unpaired) electrons. The van der Waals surface area contributed by atoms with Crippen LogP contribution in [0.2, 0.25) is 0 Å². The lowest BCUT2D eigenvalue weighted by molar-refractivity contribution is -0.129. The predicted octanol–water partition coefficient (Wildman–Crippen LogP) is 4.04. The van der Waals surface area contributed by atoms with Crippen LogP contribution in [-0.4, -0.2) is 52.0 Å². The Hall–Kier alpha value is -3.98. The van der Waals surface area contributed by atoms with E-state index in [4.69, 9.17) is 9.36 Å². The van der Waals surface area contributed by atoms with E-state index in [0.29, 0.717) is 36.8 Å². The predicted molar refractivity (Wildman–Crippen MR) is 132 cm³/mol. The minimum atomic E-state index is -0.418. The molecule has 0 aliphatic carbocycles. The fourth-order valence-corrected chi connectivity index (χ4v) is 4.81. The molecule has 1 unspecified atom stereocenters. The Bertz CT molecular complexity index is 1250. The Morgan fingerprint density at radius 3 is 2.39 bits per heavy atom. The summed E-state index contributed by atoms with van der Waals surface area (Å²) >= 11 is 0. The third-order valence-corrected chi connectivity index (χ3v) is 6.80. The monoisotopic (exact) mass is 487 g/mol. The maximum absolute atomic E-state index is 13.5. The van der Waals surface area contributed by atoms with Crippen LogP contribution in [0.3, 0.4) is 0 Å². The number of amides is 2. The van der Waals surface area contributed by atoms with Crippen LogP contribution in [0.4, 0.5) is 0 Å². The first-order valence-electron chi connectivity index (χ1n) is 12.1. The van der Waals surface area contributed by atoms with Crippen LogP contribution in [0.1, 0.15) is 60.2 Å². The Morgan fingerprint density at radius 1 is 1.03 bits per heavy atom. The summed E-state index contributed by atoms with van der Waals surface area (Å²) in [6, 6.07) is 17.2. The Kier molecular flexibility index (Phi) is 6.81. The van der Waals surface area contributed by atoms with E-state index in [0.717, 1.165) is 29.7 Å². The van der Waals surface area contributed by atoms with E-state index in [1.807, 2.05) is 59.5 Å². The molecule has 0 saturated carbocycles. The fourth-order valence-electron chi connectivity index (χ4n) is 4.81. The normalized spacial score (nSPS) is 18.3. The smallest absolute Gasteiger partial charge is 0.258 e. The SMILES string of the molecule is CONC1=CN(C(=O)c2ccc(-c3ccccc3)cc2)C(c2noc(C3CCN(C(C)=O)CC3)n2)C1. The van der Waals surface area contributed by atoms with Crippen LogP contribution in [0.5, 0.6) is 0 Å². The lowest BCUT2D eigenvalue weighted by Crippen LogP contribution is -2.36. The summed E-state index contributed by atoms with van der Waals surface area (Å²) in [4.78, 5) is 38.4. The number of aromatic nitrogens is 2. The summed E-state index contributed by atoms with van der Waals surface area (Å²) in [6.45, 7) is 2.94. The molecule has 186 valence electrons. The largest absolute Gasteiger partial charge is 0.343 e. The highest BCUT2D eigenvalue weighted by Gasteiger charge is 2.36. The van der Waals surface area contributed by atoms with E-state index in [1.54, 1.807) is 18.0 Å². The molecule has 2 aliphatic heterocycles. The molecule has 1 N–H and O–H groups in total. The van der Waals surface area contributed by atoms with Crippen LogP contribution in [0.15, 0.2) is 71.0 Å². The molecule has 1 saturated heterocycles. The number of piperidine rings is 1. The highest BCUT2D eigenvalue weighted by atomic mass is 16.6. The number of carbonyl (C=O) groups excluding carboxylic acids is 2. The van der Waals surface area contributed by atoms with E-state index < -0.39 is 6.04 Å². The molecule has 2 aromatic carbocycles. The summed E-state index contributed by atoms with van der Waals surface area (Å²) in [7, 11) is 1.53. The van der Waals surface area contributed by atoms with Gasteiger partial charge in [-0.2, -0.15) is 4.98 Å². The number of rotatable bonds is 6. The summed E-state index contributed by atoms with van der Waals surface area (Å²) in [5.74, 6) is 1.04. The number of hydrogen-bond acceptors (Lipinski definition) is 7. The number of nitrogens with zero attached hydrogens (tertiary/aromatic N) is 4. The van der Waals surface area contributed by atoms with Crippen molar-refractivity contribution >= 4 is 11.8 Å². The number of hydroxylamine groups is 1. The van der Waals surface area contributed by atoms with Crippen LogP contribution in [0, 0.1) is 0 Å². The molecule has 3 heterocycles. The van der Waals surface area contributed by atoms with Crippen molar-refractivity contribution in [2.45, 2.75) is 38.1 Å². The molecular formula is C27H29N5O4. The lowest BCUT2D eigenvalue weighted by Gasteiger charge is -2.29. The Morgan fingerprint density at radius 2 is 1.72 bits per heavy atom. The Balaban J connectivity index is 1.34. The van der Waals surface area contributed by atoms with Crippen molar-refractivity contribution < 1.29 is 18.9 Å². The summed E-state index contributed by atoms with van der Waals surface area (Å²) in [6.07, 6.45) is 3.76. The standard InChI is InChI=1S/C27H29N5O4/c1-18(33)31-14-12-21(13-15-31)26-28-25(30-36-26)24-16-23(29-35-2)17-32(24)27(34)22-10-8-20(9-11-22)19-6-4-3-5-7-19/h3-11,17,21,24,29H,12-16H2,1-2H3. The van der Waals surface area contributed by atoms with Crippen LogP contribution in [0.25, 0.3) is 11.1 Å². The second-order valence-electron chi connectivity index (χ2n) is 9.11. The highest BCUT2D eigenvalue weighted by molar-refractivity contribution is 5.96. The number of hydrogen-bond donors (Lipinski definition) is 1. The van der Waals surface area contributed by atoms with Crippen molar-refractivity contribution in [3.63, 3.8) is 0 Å². The second-order valence-corrected chi connectivity index (χ2v) is 9.11. The van der Waals surface area contributed by atoms with Gasteiger partial charge in [0.05, 0.1) is 12.8 Å². The van der Waals surface area contributed by atoms with Crippen molar-refractivity contribution in [2.24, 2.45) is 0 Å². The summed E-state index contributed by atoms with van der Waals surface area (Å²) < 4.78 is 5.63. The van der Waals surface area contributed by atoms with Gasteiger partial charge in [-0.25, -0.2) is 0 Å². The summed E-state index contributed by atoms with van der Waals surface area (Å²) in [5.41, 5.74) is 6.29. The molecular weight excluding hydrogens is 458 g/mol. The molecule has 5 rings (SSSR count). The van der Waals surface area contributed by atoms with Gasteiger partial charge in [0.2, 0.25) is 11.8 Å². The van der Waals surface area contributed by atoms with Gasteiger partial charge in [-0.15, -0.1) is 0 Å². The van der Waals surface area contributed by atoms with Gasteiger partial charge < -0.3 is 14.3 Å². The van der Waals surface area contributed by atoms with Crippen LogP contribution >= 0.6 is 0 Å². The van der Waals surface area contributed by atoms with Crippen molar-refractivity contribution in [3.05, 3.63) is 83.8 Å². The fraction of sp³-hybridized carbons (Fsp3) is 0.333. The molecule has 1 aromatic heterocycles. The van der Waals surface area contributed by atoms with Gasteiger partial charge in [-0.1, -0.05) is 47.6 Å². The van der Waals surface area contributed by atoms with Crippen molar-refractivity contribution in [1.82, 2.24) is 25.4 Å². The molecule has 2 aliphatic rings. The number of nitrogens with one attached hydrogen (secondary N) is 1. The third kappa shape index (κ3) is 4.87. The second kappa shape index (κ2) is 10.3. The van der Waals surface area contributed by atoms with Crippen LogP contribution in [-0.2, 0) is 9.63 Å². The van der Waals surface area contributed by atoms with Crippen LogP contribution < -0.4 is 5.48 Å². The number of carbonyl (C=O) groups is 2. The third-order valence-electron chi connectivity index (χ3n) is 6.80. The molecule has 36 heavy (non-hydrogen) atoms. The minimum absolute atomic E-state index is 0.0841. The molecule has 3 aromatic rings. The molecule has 0 bridgehead atoms. The zero-order chi connectivity index (χ0) is 25.1. The number of benzene rings is 2. The molecule has 9 nitrogen and oxygen atoms in total. The van der Waals surface area contributed by atoms with Gasteiger partial charge in [0.25, 0.3) is 5.91 Å². The average molecular weight is 488 g/mol. The molecule has 0 spiro atoms. The average Bonchev–Trinajstić information content (AvgIpc) is 3.57. The maximum Gasteiger partial charge on any atom is 0.258 e. The van der Waals surface area contributed by atoms with Crippen molar-refractivity contribution in [2.75, 3.05) is 20.2 Å². The maximum atomic E-state index is 13.5. The van der Waals surface area contributed by atoms with Gasteiger partial charge >= 0.3 is 0 Å². The topological polar surface area (TPSA) is 101 Å². The highest BCUT2D eigenvalue weighted by Crippen LogP contribution is 2.35. The first kappa shape index (κ1) is 23.7. The van der Waals surface area contributed by atoms with Gasteiger partial charge in [-0.05, 0) is 36.1 Å². The first-order valence-corrected chi connectivity index (χ1v) is 12.1. The van der Waals surface area contributed by atoms with E-state index in [2.05, 4.69) is 15.6 Å². The van der Waals surface area contributed by atoms with Gasteiger partial charge in [0.15, 0.2) is 5.82 Å². The quantitative estimate of drug-likeness (QED) is 0.524. The van der Waals surface area contributed by atoms with Crippen molar-refractivity contribution in [1.29, 1.82) is 0 Å². The van der Waals surface area contributed by atoms with E-state index in [-0.39, 0.29) is 17.7 Å². The molecule has 1 atom stereocenters. The minimum Gasteiger partial charge on any atom is -0.343 e. The van der Waals surface area contributed by atoms with E-state index in [9.17, 15) is 9.59 Å². The number of likely N-dealkylation sites (tertiary alicyclic amines) is 1. The molecule has 9 heteroatoms. The summed E-state index contributed by atoms with van der Waals surface area (Å²) in [5, 5.41) is 4.24. The molecule has 2 amide bonds. The zero-order valence-corrected chi connectivity index (χ0v) is 20.4. The van der Waals surface area contributed by atoms with Crippen molar-refractivity contribution in [3.8, 4) is 11.1 Å². The van der Waals surface area contributed by atoms with E-state index >= 15 is 0 Å². The first-order chi connectivity index (χ1) is 17.5. The van der Waals surface area contributed by atoms with Gasteiger partial charge in [0, 0.05) is 44.1 Å². The zero-order valence-electron chi connectivity index (χ0n) is 20.4. The van der Waals surface area contributed by atoms with Gasteiger partial charge in [0.1, 0.15) is 6.04 Å². The molecule has 1 fully saturated rings. The van der Waals surface area contributed by atoms with Gasteiger partial charge in [-0.3, -0.25) is 19.9 Å². The van der Waals surface area contributed by atoms with E-state index in [1.165, 1.54) is 7.11 Å². The Labute approximate surface area is 209 Å². The lowest BCUT2D eigenvalue weighted by atomic mass is 9.97.